The summed E-state index contributed by atoms with van der Waals surface area (Å²) in [6, 6.07) is -1.13. The maximum atomic E-state index is 10.9. The average molecular weight is 173 g/mol. The van der Waals surface area contributed by atoms with Gasteiger partial charge in [-0.25, -0.2) is 0 Å². The van der Waals surface area contributed by atoms with Gasteiger partial charge >= 0.3 is 5.97 Å². The van der Waals surface area contributed by atoms with E-state index in [0.717, 1.165) is 0 Å². The van der Waals surface area contributed by atoms with Gasteiger partial charge in [-0.2, -0.15) is 0 Å². The van der Waals surface area contributed by atoms with Crippen molar-refractivity contribution in [1.82, 2.24) is 0 Å². The largest absolute Gasteiger partial charge is 0.469 e. The number of hydrogen-bond acceptors (Lipinski definition) is 4. The number of hydrogen-bond donors (Lipinski definition) is 1. The summed E-state index contributed by atoms with van der Waals surface area (Å²) in [6.45, 7) is 1.67. The Morgan fingerprint density at radius 2 is 2.42 bits per heavy atom. The molecule has 0 aromatic carbocycles. The highest BCUT2D eigenvalue weighted by atomic mass is 16.5. The summed E-state index contributed by atoms with van der Waals surface area (Å²) in [5, 5.41) is 12.3. The molecule has 0 radical (unpaired) electrons. The number of esters is 1. The van der Waals surface area contributed by atoms with Crippen molar-refractivity contribution in [3.05, 3.63) is 10.4 Å². The van der Waals surface area contributed by atoms with Crippen molar-refractivity contribution >= 4 is 5.97 Å². The molecule has 0 aromatic rings. The summed E-state index contributed by atoms with van der Waals surface area (Å²) in [6.07, 6.45) is -0.646. The van der Waals surface area contributed by atoms with Gasteiger partial charge in [-0.05, 0) is 12.0 Å². The van der Waals surface area contributed by atoms with Crippen molar-refractivity contribution in [3.63, 3.8) is 0 Å². The van der Waals surface area contributed by atoms with Gasteiger partial charge in [0.25, 0.3) is 0 Å². The van der Waals surface area contributed by atoms with E-state index in [9.17, 15) is 9.90 Å². The van der Waals surface area contributed by atoms with E-state index in [0.29, 0.717) is 6.42 Å². The number of nitrogens with zero attached hydrogens (tertiary/aromatic N) is 3. The van der Waals surface area contributed by atoms with E-state index in [2.05, 4.69) is 14.8 Å². The van der Waals surface area contributed by atoms with Crippen LogP contribution in [0.4, 0.5) is 0 Å². The molecule has 6 nitrogen and oxygen atoms in total. The van der Waals surface area contributed by atoms with Crippen LogP contribution in [0.1, 0.15) is 13.3 Å². The van der Waals surface area contributed by atoms with Crippen LogP contribution in [-0.2, 0) is 9.53 Å². The summed E-state index contributed by atoms with van der Waals surface area (Å²) in [7, 11) is 1.17. The van der Waals surface area contributed by atoms with Crippen molar-refractivity contribution in [1.29, 1.82) is 0 Å². The minimum Gasteiger partial charge on any atom is -0.469 e. The molecule has 12 heavy (non-hydrogen) atoms. The second kappa shape index (κ2) is 5.40. The smallest absolute Gasteiger partial charge is 0.317 e. The molecule has 0 bridgehead atoms. The number of azide groups is 1. The van der Waals surface area contributed by atoms with E-state index in [-0.39, 0.29) is 0 Å². The second-order valence-corrected chi connectivity index (χ2v) is 2.15. The highest BCUT2D eigenvalue weighted by molar-refractivity contribution is 5.76. The summed E-state index contributed by atoms with van der Waals surface area (Å²) < 4.78 is 4.32. The molecule has 0 spiro atoms. The predicted molar refractivity (Wildman–Crippen MR) is 41.2 cm³/mol. The van der Waals surface area contributed by atoms with E-state index < -0.39 is 18.1 Å². The van der Waals surface area contributed by atoms with Gasteiger partial charge in [-0.15, -0.1) is 0 Å². The maximum Gasteiger partial charge on any atom is 0.317 e. The highest BCUT2D eigenvalue weighted by Gasteiger charge is 2.24. The van der Waals surface area contributed by atoms with E-state index in [1.807, 2.05) is 0 Å². The van der Waals surface area contributed by atoms with Gasteiger partial charge in [-0.3, -0.25) is 4.79 Å². The molecule has 0 unspecified atom stereocenters. The second-order valence-electron chi connectivity index (χ2n) is 2.15. The zero-order valence-electron chi connectivity index (χ0n) is 6.97. The molecule has 0 aliphatic rings. The van der Waals surface area contributed by atoms with Crippen molar-refractivity contribution < 1.29 is 14.6 Å². The van der Waals surface area contributed by atoms with Gasteiger partial charge in [0, 0.05) is 4.91 Å². The molecule has 0 rings (SSSR count). The number of carbonyl (C=O) groups excluding carboxylic acids is 1. The predicted octanol–water partition coefficient (Wildman–Crippen LogP) is 0.609. The molecular weight excluding hydrogens is 162 g/mol. The van der Waals surface area contributed by atoms with Crippen LogP contribution in [0.25, 0.3) is 10.4 Å². The molecule has 2 atom stereocenters. The Hall–Kier alpha value is -1.26. The molecule has 0 aromatic heterocycles. The van der Waals surface area contributed by atoms with Crippen molar-refractivity contribution in [2.24, 2.45) is 5.11 Å². The first-order chi connectivity index (χ1) is 5.67. The summed E-state index contributed by atoms with van der Waals surface area (Å²) in [5.41, 5.74) is 8.06. The van der Waals surface area contributed by atoms with Crippen LogP contribution >= 0.6 is 0 Å². The molecule has 0 fully saturated rings. The monoisotopic (exact) mass is 173 g/mol. The lowest BCUT2D eigenvalue weighted by Gasteiger charge is -2.13. The fourth-order valence-electron chi connectivity index (χ4n) is 0.681. The van der Waals surface area contributed by atoms with Gasteiger partial charge in [0.15, 0.2) is 6.04 Å². The number of rotatable bonds is 4. The van der Waals surface area contributed by atoms with Gasteiger partial charge < -0.3 is 9.84 Å². The molecule has 0 saturated carbocycles. The number of carbonyl (C=O) groups is 1. The van der Waals surface area contributed by atoms with Crippen molar-refractivity contribution in [2.45, 2.75) is 25.5 Å². The SMILES string of the molecule is CC[C@H](O)[C@H](N=[N+]=[N-])C(=O)OC. The lowest BCUT2D eigenvalue weighted by Crippen LogP contribution is -2.32. The molecule has 6 heteroatoms. The first kappa shape index (κ1) is 10.7. The number of ether oxygens (including phenoxy) is 1. The van der Waals surface area contributed by atoms with Crippen LogP contribution in [0, 0.1) is 0 Å². The molecule has 0 saturated heterocycles. The van der Waals surface area contributed by atoms with Gasteiger partial charge in [0.2, 0.25) is 0 Å². The van der Waals surface area contributed by atoms with E-state index in [4.69, 9.17) is 5.53 Å². The summed E-state index contributed by atoms with van der Waals surface area (Å²) >= 11 is 0. The normalized spacial score (nSPS) is 14.2. The van der Waals surface area contributed by atoms with Crippen LogP contribution in [0.2, 0.25) is 0 Å². The lowest BCUT2D eigenvalue weighted by molar-refractivity contribution is -0.144. The molecular formula is C6H11N3O3. The highest BCUT2D eigenvalue weighted by Crippen LogP contribution is 2.05. The number of aliphatic hydroxyl groups excluding tert-OH is 1. The Labute approximate surface area is 69.8 Å². The molecule has 0 heterocycles. The third-order valence-corrected chi connectivity index (χ3v) is 1.40. The lowest BCUT2D eigenvalue weighted by atomic mass is 10.1. The molecule has 68 valence electrons. The topological polar surface area (TPSA) is 95.3 Å². The standard InChI is InChI=1S/C6H11N3O3/c1-3-4(10)5(8-9-7)6(11)12-2/h4-5,10H,3H2,1-2H3/t4-,5-/m0/s1. The van der Waals surface area contributed by atoms with E-state index >= 15 is 0 Å². The van der Waals surface area contributed by atoms with E-state index in [1.165, 1.54) is 7.11 Å². The third kappa shape index (κ3) is 2.77. The Bertz CT molecular complexity index is 200. The zero-order chi connectivity index (χ0) is 9.56. The Balaban J connectivity index is 4.42. The summed E-state index contributed by atoms with van der Waals surface area (Å²) in [4.78, 5) is 13.3. The molecule has 1 N–H and O–H groups in total. The Morgan fingerprint density at radius 3 is 2.75 bits per heavy atom. The van der Waals surface area contributed by atoms with Crippen LogP contribution in [0.3, 0.4) is 0 Å². The average Bonchev–Trinajstić information content (AvgIpc) is 2.11. The van der Waals surface area contributed by atoms with E-state index in [1.54, 1.807) is 6.92 Å². The fourth-order valence-corrected chi connectivity index (χ4v) is 0.681. The number of aliphatic hydroxyl groups is 1. The molecule has 0 aliphatic heterocycles. The molecule has 0 aliphatic carbocycles. The Morgan fingerprint density at radius 1 is 1.83 bits per heavy atom. The first-order valence-corrected chi connectivity index (χ1v) is 3.47. The van der Waals surface area contributed by atoms with Gasteiger partial charge in [-0.1, -0.05) is 12.0 Å². The fraction of sp³-hybridized carbons (Fsp3) is 0.833. The van der Waals surface area contributed by atoms with Crippen molar-refractivity contribution in [2.75, 3.05) is 7.11 Å². The van der Waals surface area contributed by atoms with Gasteiger partial charge in [0.05, 0.1) is 13.2 Å². The zero-order valence-corrected chi connectivity index (χ0v) is 6.97. The van der Waals surface area contributed by atoms with Crippen LogP contribution < -0.4 is 0 Å². The third-order valence-electron chi connectivity index (χ3n) is 1.40. The molecule has 0 amide bonds. The van der Waals surface area contributed by atoms with Crippen LogP contribution in [-0.4, -0.2) is 30.3 Å². The Kier molecular flexibility index (Phi) is 4.83. The van der Waals surface area contributed by atoms with Crippen LogP contribution in [0.15, 0.2) is 5.11 Å². The van der Waals surface area contributed by atoms with Crippen molar-refractivity contribution in [3.8, 4) is 0 Å². The number of methoxy groups -OCH3 is 1. The van der Waals surface area contributed by atoms with Gasteiger partial charge in [0.1, 0.15) is 0 Å². The quantitative estimate of drug-likeness (QED) is 0.292. The maximum absolute atomic E-state index is 10.9. The minimum atomic E-state index is -1.13. The van der Waals surface area contributed by atoms with Crippen LogP contribution in [0.5, 0.6) is 0 Å². The summed E-state index contributed by atoms with van der Waals surface area (Å²) in [5.74, 6) is -0.720. The first-order valence-electron chi connectivity index (χ1n) is 3.47. The minimum absolute atomic E-state index is 0.332.